The van der Waals surface area contributed by atoms with Gasteiger partial charge in [-0.25, -0.2) is 0 Å². The molecule has 10 heavy (non-hydrogen) atoms. The van der Waals surface area contributed by atoms with Gasteiger partial charge in [0.2, 0.25) is 0 Å². The Hall–Kier alpha value is -0.640. The normalized spacial score (nSPS) is 24.0. The SMILES string of the molecule is CC(=O)C1C(=O)OC=C1Br. The number of ketones is 1. The zero-order valence-electron chi connectivity index (χ0n) is 5.26. The summed E-state index contributed by atoms with van der Waals surface area (Å²) >= 11 is 3.04. The largest absolute Gasteiger partial charge is 0.433 e. The zero-order valence-corrected chi connectivity index (χ0v) is 6.84. The van der Waals surface area contributed by atoms with E-state index in [2.05, 4.69) is 20.7 Å². The van der Waals surface area contributed by atoms with Crippen LogP contribution in [-0.4, -0.2) is 11.8 Å². The van der Waals surface area contributed by atoms with E-state index in [0.29, 0.717) is 4.48 Å². The van der Waals surface area contributed by atoms with Crippen molar-refractivity contribution in [3.05, 3.63) is 10.7 Å². The van der Waals surface area contributed by atoms with Crippen molar-refractivity contribution >= 4 is 27.7 Å². The van der Waals surface area contributed by atoms with Gasteiger partial charge in [0.25, 0.3) is 0 Å². The van der Waals surface area contributed by atoms with Crippen LogP contribution < -0.4 is 0 Å². The summed E-state index contributed by atoms with van der Waals surface area (Å²) in [5.74, 6) is -1.43. The molecule has 1 aliphatic heterocycles. The first kappa shape index (κ1) is 7.47. The number of hydrogen-bond acceptors (Lipinski definition) is 3. The molecular weight excluding hydrogens is 200 g/mol. The summed E-state index contributed by atoms with van der Waals surface area (Å²) < 4.78 is 4.97. The fourth-order valence-corrected chi connectivity index (χ4v) is 1.33. The highest BCUT2D eigenvalue weighted by Gasteiger charge is 2.32. The lowest BCUT2D eigenvalue weighted by molar-refractivity contribution is -0.142. The molecule has 1 aliphatic rings. The third kappa shape index (κ3) is 1.11. The summed E-state index contributed by atoms with van der Waals surface area (Å²) in [5.41, 5.74) is 0. The van der Waals surface area contributed by atoms with Crippen LogP contribution in [0.5, 0.6) is 0 Å². The molecule has 0 spiro atoms. The van der Waals surface area contributed by atoms with Gasteiger partial charge >= 0.3 is 5.97 Å². The summed E-state index contributed by atoms with van der Waals surface area (Å²) in [6.45, 7) is 1.35. The number of carbonyl (C=O) groups excluding carboxylic acids is 2. The quantitative estimate of drug-likeness (QED) is 0.473. The molecule has 1 rings (SSSR count). The first-order chi connectivity index (χ1) is 4.63. The number of rotatable bonds is 1. The van der Waals surface area contributed by atoms with Gasteiger partial charge in [-0.2, -0.15) is 0 Å². The van der Waals surface area contributed by atoms with Gasteiger partial charge in [-0.3, -0.25) is 9.59 Å². The summed E-state index contributed by atoms with van der Waals surface area (Å²) in [6.07, 6.45) is 1.24. The smallest absolute Gasteiger partial charge is 0.326 e. The maximum atomic E-state index is 10.7. The number of ether oxygens (including phenoxy) is 1. The van der Waals surface area contributed by atoms with Gasteiger partial charge in [-0.1, -0.05) is 15.9 Å². The Kier molecular flexibility index (Phi) is 1.89. The zero-order chi connectivity index (χ0) is 7.72. The molecule has 0 saturated heterocycles. The Labute approximate surface area is 66.2 Å². The average molecular weight is 205 g/mol. The van der Waals surface area contributed by atoms with Gasteiger partial charge in [-0.05, 0) is 6.92 Å². The van der Waals surface area contributed by atoms with Crippen molar-refractivity contribution in [2.75, 3.05) is 0 Å². The van der Waals surface area contributed by atoms with Crippen LogP contribution in [0.3, 0.4) is 0 Å². The Bertz CT molecular complexity index is 219. The molecule has 4 heteroatoms. The summed E-state index contributed by atoms with van der Waals surface area (Å²) in [6, 6.07) is 0. The number of cyclic esters (lactones) is 1. The molecule has 3 nitrogen and oxygen atoms in total. The van der Waals surface area contributed by atoms with Gasteiger partial charge in [0.05, 0.1) is 4.48 Å². The predicted octanol–water partition coefficient (Wildman–Crippen LogP) is 0.985. The molecule has 0 saturated carbocycles. The van der Waals surface area contributed by atoms with E-state index in [-0.39, 0.29) is 5.78 Å². The van der Waals surface area contributed by atoms with Crippen LogP contribution in [0, 0.1) is 5.92 Å². The van der Waals surface area contributed by atoms with E-state index in [4.69, 9.17) is 0 Å². The molecule has 1 heterocycles. The molecule has 0 aliphatic carbocycles. The van der Waals surface area contributed by atoms with Crippen molar-refractivity contribution in [2.24, 2.45) is 5.92 Å². The predicted molar refractivity (Wildman–Crippen MR) is 37.3 cm³/mol. The molecule has 0 fully saturated rings. The van der Waals surface area contributed by atoms with E-state index < -0.39 is 11.9 Å². The van der Waals surface area contributed by atoms with Crippen LogP contribution in [0.4, 0.5) is 0 Å². The molecule has 0 aromatic carbocycles. The van der Waals surface area contributed by atoms with E-state index >= 15 is 0 Å². The number of halogens is 1. The Morgan fingerprint density at radius 1 is 1.80 bits per heavy atom. The Balaban J connectivity index is 2.84. The van der Waals surface area contributed by atoms with E-state index in [1.54, 1.807) is 0 Å². The highest BCUT2D eigenvalue weighted by Crippen LogP contribution is 2.25. The van der Waals surface area contributed by atoms with Crippen LogP contribution >= 0.6 is 15.9 Å². The van der Waals surface area contributed by atoms with Gasteiger partial charge < -0.3 is 4.74 Å². The van der Waals surface area contributed by atoms with Crippen LogP contribution in [-0.2, 0) is 14.3 Å². The first-order valence-corrected chi connectivity index (χ1v) is 3.48. The lowest BCUT2D eigenvalue weighted by Gasteiger charge is -1.98. The molecule has 0 N–H and O–H groups in total. The highest BCUT2D eigenvalue weighted by molar-refractivity contribution is 9.11. The average Bonchev–Trinajstić information content (AvgIpc) is 2.11. The van der Waals surface area contributed by atoms with Gasteiger partial charge in [0, 0.05) is 0 Å². The molecule has 0 aromatic rings. The molecule has 0 aromatic heterocycles. The second-order valence-corrected chi connectivity index (χ2v) is 2.90. The van der Waals surface area contributed by atoms with Crippen molar-refractivity contribution < 1.29 is 14.3 Å². The second-order valence-electron chi connectivity index (χ2n) is 1.98. The molecule has 1 atom stereocenters. The van der Waals surface area contributed by atoms with Crippen molar-refractivity contribution in [3.63, 3.8) is 0 Å². The molecular formula is C6H5BrO3. The van der Waals surface area contributed by atoms with E-state index in [9.17, 15) is 9.59 Å². The monoisotopic (exact) mass is 204 g/mol. The summed E-state index contributed by atoms with van der Waals surface area (Å²) in [5, 5.41) is 0. The minimum absolute atomic E-state index is 0.203. The second kappa shape index (κ2) is 2.54. The molecule has 0 amide bonds. The number of hydrogen-bond donors (Lipinski definition) is 0. The van der Waals surface area contributed by atoms with Crippen molar-refractivity contribution in [1.82, 2.24) is 0 Å². The van der Waals surface area contributed by atoms with Crippen LogP contribution in [0.15, 0.2) is 10.7 Å². The van der Waals surface area contributed by atoms with Gasteiger partial charge in [0.1, 0.15) is 18.0 Å². The Morgan fingerprint density at radius 3 is 2.60 bits per heavy atom. The van der Waals surface area contributed by atoms with E-state index in [1.807, 2.05) is 0 Å². The van der Waals surface area contributed by atoms with E-state index in [1.165, 1.54) is 13.2 Å². The molecule has 0 radical (unpaired) electrons. The fraction of sp³-hybridized carbons (Fsp3) is 0.333. The van der Waals surface area contributed by atoms with Crippen molar-refractivity contribution in [1.29, 1.82) is 0 Å². The van der Waals surface area contributed by atoms with E-state index in [0.717, 1.165) is 0 Å². The Morgan fingerprint density at radius 2 is 2.40 bits per heavy atom. The van der Waals surface area contributed by atoms with Crippen LogP contribution in [0.25, 0.3) is 0 Å². The van der Waals surface area contributed by atoms with Crippen LogP contribution in [0.2, 0.25) is 0 Å². The first-order valence-electron chi connectivity index (χ1n) is 2.69. The van der Waals surface area contributed by atoms with Gasteiger partial charge in [-0.15, -0.1) is 0 Å². The number of Topliss-reactive ketones (excluding diaryl/α,β-unsaturated/α-hetero) is 1. The molecule has 1 unspecified atom stereocenters. The lowest BCUT2D eigenvalue weighted by atomic mass is 10.1. The number of esters is 1. The topological polar surface area (TPSA) is 43.4 Å². The summed E-state index contributed by atoms with van der Waals surface area (Å²) in [7, 11) is 0. The minimum atomic E-state index is -0.722. The van der Waals surface area contributed by atoms with Gasteiger partial charge in [0.15, 0.2) is 0 Å². The molecule has 0 bridgehead atoms. The maximum absolute atomic E-state index is 10.7. The van der Waals surface area contributed by atoms with Crippen molar-refractivity contribution in [2.45, 2.75) is 6.92 Å². The summed E-state index contributed by atoms with van der Waals surface area (Å²) in [4.78, 5) is 21.4. The fourth-order valence-electron chi connectivity index (χ4n) is 0.723. The minimum Gasteiger partial charge on any atom is -0.433 e. The number of carbonyl (C=O) groups is 2. The third-order valence-corrected chi connectivity index (χ3v) is 1.85. The standard InChI is InChI=1S/C6H5BrO3/c1-3(8)5-4(7)2-10-6(5)9/h2,5H,1H3. The van der Waals surface area contributed by atoms with Crippen LogP contribution in [0.1, 0.15) is 6.92 Å². The maximum Gasteiger partial charge on any atom is 0.326 e. The molecule has 54 valence electrons. The third-order valence-electron chi connectivity index (χ3n) is 1.21. The lowest BCUT2D eigenvalue weighted by Crippen LogP contribution is -2.17. The highest BCUT2D eigenvalue weighted by atomic mass is 79.9. The van der Waals surface area contributed by atoms with Crippen molar-refractivity contribution in [3.8, 4) is 0 Å².